The van der Waals surface area contributed by atoms with Crippen LogP contribution in [0.4, 0.5) is 13.2 Å². The van der Waals surface area contributed by atoms with Crippen LogP contribution < -0.4 is 5.73 Å². The standard InChI is InChI=1S/C15H16ClF3N2O.ClH/c16-13-3-2-11(15(17,18)19)9-10(13)1-4-14(22)21-7-5-12(20)6-8-21;/h1-4,9,12H,5-8,20H2;1H. The van der Waals surface area contributed by atoms with E-state index < -0.39 is 11.7 Å². The van der Waals surface area contributed by atoms with Crippen LogP contribution in [0.3, 0.4) is 0 Å². The molecule has 1 saturated heterocycles. The molecule has 0 unspecified atom stereocenters. The Labute approximate surface area is 143 Å². The Balaban J connectivity index is 0.00000264. The maximum atomic E-state index is 12.7. The van der Waals surface area contributed by atoms with Crippen LogP contribution in [0.2, 0.25) is 5.02 Å². The summed E-state index contributed by atoms with van der Waals surface area (Å²) in [7, 11) is 0. The molecule has 0 spiro atoms. The van der Waals surface area contributed by atoms with Crippen molar-refractivity contribution in [3.8, 4) is 0 Å². The van der Waals surface area contributed by atoms with Crippen molar-refractivity contribution in [1.29, 1.82) is 0 Å². The minimum atomic E-state index is -4.44. The largest absolute Gasteiger partial charge is 0.416 e. The lowest BCUT2D eigenvalue weighted by Gasteiger charge is -2.29. The summed E-state index contributed by atoms with van der Waals surface area (Å²) in [6.07, 6.45) is -0.430. The third-order valence-corrected chi connectivity index (χ3v) is 3.92. The SMILES string of the molecule is Cl.NC1CCN(C(=O)C=Cc2cc(C(F)(F)F)ccc2Cl)CC1. The molecular weight excluding hydrogens is 352 g/mol. The van der Waals surface area contributed by atoms with Crippen LogP contribution in [-0.2, 0) is 11.0 Å². The molecule has 0 saturated carbocycles. The van der Waals surface area contributed by atoms with Gasteiger partial charge in [0, 0.05) is 30.2 Å². The average molecular weight is 369 g/mol. The van der Waals surface area contributed by atoms with Gasteiger partial charge in [0.1, 0.15) is 0 Å². The molecule has 0 aromatic heterocycles. The van der Waals surface area contributed by atoms with E-state index in [9.17, 15) is 18.0 Å². The van der Waals surface area contributed by atoms with E-state index in [1.54, 1.807) is 4.90 Å². The van der Waals surface area contributed by atoms with Crippen molar-refractivity contribution in [2.75, 3.05) is 13.1 Å². The summed E-state index contributed by atoms with van der Waals surface area (Å²) in [5.41, 5.74) is 5.13. The summed E-state index contributed by atoms with van der Waals surface area (Å²) in [4.78, 5) is 13.6. The van der Waals surface area contributed by atoms with E-state index in [4.69, 9.17) is 17.3 Å². The zero-order valence-electron chi connectivity index (χ0n) is 12.1. The molecular formula is C15H17Cl2F3N2O. The van der Waals surface area contributed by atoms with E-state index in [0.717, 1.165) is 25.0 Å². The minimum absolute atomic E-state index is 0. The number of nitrogens with zero attached hydrogens (tertiary/aromatic N) is 1. The molecule has 1 aliphatic rings. The lowest BCUT2D eigenvalue weighted by atomic mass is 10.1. The molecule has 1 heterocycles. The highest BCUT2D eigenvalue weighted by atomic mass is 35.5. The first kappa shape index (κ1) is 19.8. The fourth-order valence-electron chi connectivity index (χ4n) is 2.23. The summed E-state index contributed by atoms with van der Waals surface area (Å²) in [6, 6.07) is 3.12. The number of carbonyl (C=O) groups excluding carboxylic acids is 1. The van der Waals surface area contributed by atoms with Gasteiger partial charge in [0.15, 0.2) is 0 Å². The number of halogens is 5. The first-order valence-corrected chi connectivity index (χ1v) is 7.24. The van der Waals surface area contributed by atoms with Gasteiger partial charge in [0.25, 0.3) is 0 Å². The maximum Gasteiger partial charge on any atom is 0.416 e. The highest BCUT2D eigenvalue weighted by molar-refractivity contribution is 6.32. The van der Waals surface area contributed by atoms with Crippen LogP contribution in [0.15, 0.2) is 24.3 Å². The number of rotatable bonds is 2. The molecule has 1 aromatic rings. The molecule has 1 aliphatic heterocycles. The fraction of sp³-hybridized carbons (Fsp3) is 0.400. The predicted molar refractivity (Wildman–Crippen MR) is 86.5 cm³/mol. The molecule has 0 atom stereocenters. The van der Waals surface area contributed by atoms with Gasteiger partial charge in [-0.25, -0.2) is 0 Å². The van der Waals surface area contributed by atoms with Gasteiger partial charge in [-0.3, -0.25) is 4.79 Å². The number of hydrogen-bond acceptors (Lipinski definition) is 2. The van der Waals surface area contributed by atoms with Gasteiger partial charge in [0.05, 0.1) is 5.56 Å². The number of alkyl halides is 3. The number of carbonyl (C=O) groups is 1. The van der Waals surface area contributed by atoms with Crippen molar-refractivity contribution in [2.45, 2.75) is 25.1 Å². The second kappa shape index (κ2) is 8.04. The smallest absolute Gasteiger partial charge is 0.339 e. The van der Waals surface area contributed by atoms with Gasteiger partial charge in [-0.15, -0.1) is 12.4 Å². The monoisotopic (exact) mass is 368 g/mol. The van der Waals surface area contributed by atoms with Gasteiger partial charge < -0.3 is 10.6 Å². The molecule has 1 aromatic carbocycles. The van der Waals surface area contributed by atoms with Crippen molar-refractivity contribution in [2.24, 2.45) is 5.73 Å². The highest BCUT2D eigenvalue weighted by Crippen LogP contribution is 2.32. The summed E-state index contributed by atoms with van der Waals surface area (Å²) < 4.78 is 38.0. The Morgan fingerprint density at radius 1 is 1.30 bits per heavy atom. The second-order valence-electron chi connectivity index (χ2n) is 5.23. The molecule has 8 heteroatoms. The van der Waals surface area contributed by atoms with Gasteiger partial charge in [-0.1, -0.05) is 11.6 Å². The maximum absolute atomic E-state index is 12.7. The van der Waals surface area contributed by atoms with Crippen LogP contribution in [0.25, 0.3) is 6.08 Å². The van der Waals surface area contributed by atoms with Crippen molar-refractivity contribution in [3.63, 3.8) is 0 Å². The van der Waals surface area contributed by atoms with Crippen molar-refractivity contribution in [3.05, 3.63) is 40.4 Å². The Morgan fingerprint density at radius 3 is 2.48 bits per heavy atom. The molecule has 2 rings (SSSR count). The summed E-state index contributed by atoms with van der Waals surface area (Å²) in [6.45, 7) is 1.11. The Bertz CT molecular complexity index is 583. The van der Waals surface area contributed by atoms with Crippen LogP contribution in [-0.4, -0.2) is 29.9 Å². The van der Waals surface area contributed by atoms with E-state index in [0.29, 0.717) is 13.1 Å². The van der Waals surface area contributed by atoms with Crippen LogP contribution in [0.1, 0.15) is 24.0 Å². The number of nitrogens with two attached hydrogens (primary N) is 1. The van der Waals surface area contributed by atoms with Crippen LogP contribution in [0, 0.1) is 0 Å². The van der Waals surface area contributed by atoms with Crippen molar-refractivity contribution >= 4 is 36.0 Å². The lowest BCUT2D eigenvalue weighted by Crippen LogP contribution is -2.42. The molecule has 2 N–H and O–H groups in total. The lowest BCUT2D eigenvalue weighted by molar-refractivity contribution is -0.137. The van der Waals surface area contributed by atoms with E-state index in [1.807, 2.05) is 0 Å². The van der Waals surface area contributed by atoms with Gasteiger partial charge in [-0.2, -0.15) is 13.2 Å². The molecule has 23 heavy (non-hydrogen) atoms. The van der Waals surface area contributed by atoms with E-state index >= 15 is 0 Å². The molecule has 0 radical (unpaired) electrons. The number of benzene rings is 1. The molecule has 0 bridgehead atoms. The zero-order valence-corrected chi connectivity index (χ0v) is 13.7. The average Bonchev–Trinajstić information content (AvgIpc) is 2.45. The van der Waals surface area contributed by atoms with E-state index in [2.05, 4.69) is 0 Å². The van der Waals surface area contributed by atoms with Gasteiger partial charge in [-0.05, 0) is 42.7 Å². The number of hydrogen-bond donors (Lipinski definition) is 1. The summed E-state index contributed by atoms with van der Waals surface area (Å²) in [5, 5.41) is 0.165. The van der Waals surface area contributed by atoms with Crippen molar-refractivity contribution in [1.82, 2.24) is 4.90 Å². The Morgan fingerprint density at radius 2 is 1.91 bits per heavy atom. The fourth-order valence-corrected chi connectivity index (χ4v) is 2.41. The van der Waals surface area contributed by atoms with E-state index in [1.165, 1.54) is 18.2 Å². The quantitative estimate of drug-likeness (QED) is 0.808. The Kier molecular flexibility index (Phi) is 6.92. The third kappa shape index (κ3) is 5.41. The first-order chi connectivity index (χ1) is 10.3. The minimum Gasteiger partial charge on any atom is -0.339 e. The molecule has 128 valence electrons. The predicted octanol–water partition coefficient (Wildman–Crippen LogP) is 3.74. The number of likely N-dealkylation sites (tertiary alicyclic amines) is 1. The van der Waals surface area contributed by atoms with Crippen LogP contribution >= 0.6 is 24.0 Å². The molecule has 1 fully saturated rings. The van der Waals surface area contributed by atoms with Gasteiger partial charge in [0.2, 0.25) is 5.91 Å². The summed E-state index contributed by atoms with van der Waals surface area (Å²) in [5.74, 6) is -0.250. The van der Waals surface area contributed by atoms with Crippen LogP contribution in [0.5, 0.6) is 0 Å². The molecule has 1 amide bonds. The highest BCUT2D eigenvalue weighted by Gasteiger charge is 2.30. The normalized spacial score (nSPS) is 16.5. The second-order valence-corrected chi connectivity index (χ2v) is 5.64. The number of piperidine rings is 1. The molecule has 3 nitrogen and oxygen atoms in total. The third-order valence-electron chi connectivity index (χ3n) is 3.58. The first-order valence-electron chi connectivity index (χ1n) is 6.86. The van der Waals surface area contributed by atoms with Gasteiger partial charge >= 0.3 is 6.18 Å². The topological polar surface area (TPSA) is 46.3 Å². The zero-order chi connectivity index (χ0) is 16.3. The molecule has 0 aliphatic carbocycles. The van der Waals surface area contributed by atoms with E-state index in [-0.39, 0.29) is 34.9 Å². The Hall–Kier alpha value is -1.24. The summed E-state index contributed by atoms with van der Waals surface area (Å²) >= 11 is 5.87. The number of amides is 1. The van der Waals surface area contributed by atoms with Crippen molar-refractivity contribution < 1.29 is 18.0 Å².